The van der Waals surface area contributed by atoms with E-state index in [9.17, 15) is 4.79 Å². The highest BCUT2D eigenvalue weighted by Gasteiger charge is 2.24. The number of rotatable bonds is 2. The number of ether oxygens (including phenoxy) is 1. The SMILES string of the molecule is O=C1OC(c2ccccc2)=N/C1=C/c1c2ccccc2cc2ccccc12. The summed E-state index contributed by atoms with van der Waals surface area (Å²) < 4.78 is 5.40. The molecule has 0 aliphatic carbocycles. The van der Waals surface area contributed by atoms with E-state index in [1.807, 2.05) is 60.7 Å². The van der Waals surface area contributed by atoms with E-state index >= 15 is 0 Å². The van der Waals surface area contributed by atoms with Crippen molar-refractivity contribution in [2.24, 2.45) is 4.99 Å². The fourth-order valence-electron chi connectivity index (χ4n) is 3.45. The smallest absolute Gasteiger partial charge is 0.363 e. The van der Waals surface area contributed by atoms with Crippen molar-refractivity contribution in [3.05, 3.63) is 102 Å². The van der Waals surface area contributed by atoms with E-state index in [-0.39, 0.29) is 0 Å². The van der Waals surface area contributed by atoms with E-state index in [4.69, 9.17) is 4.74 Å². The zero-order chi connectivity index (χ0) is 18.2. The molecule has 0 aromatic heterocycles. The summed E-state index contributed by atoms with van der Waals surface area (Å²) in [4.78, 5) is 16.9. The van der Waals surface area contributed by atoms with Gasteiger partial charge < -0.3 is 4.74 Å². The second-order valence-electron chi connectivity index (χ2n) is 6.43. The number of benzene rings is 4. The normalized spacial score (nSPS) is 15.3. The summed E-state index contributed by atoms with van der Waals surface area (Å²) in [6.45, 7) is 0. The van der Waals surface area contributed by atoms with Gasteiger partial charge in [-0.25, -0.2) is 9.79 Å². The lowest BCUT2D eigenvalue weighted by atomic mass is 9.96. The Hall–Kier alpha value is -3.72. The van der Waals surface area contributed by atoms with E-state index in [0.717, 1.165) is 32.7 Å². The number of fused-ring (bicyclic) bond motifs is 2. The lowest BCUT2D eigenvalue weighted by Crippen LogP contribution is -2.04. The number of carbonyl (C=O) groups is 1. The van der Waals surface area contributed by atoms with Gasteiger partial charge in [0, 0.05) is 5.56 Å². The first kappa shape index (κ1) is 15.5. The Balaban J connectivity index is 1.73. The van der Waals surface area contributed by atoms with Crippen LogP contribution in [0.2, 0.25) is 0 Å². The molecule has 0 atom stereocenters. The third-order valence-electron chi connectivity index (χ3n) is 4.74. The Labute approximate surface area is 156 Å². The van der Waals surface area contributed by atoms with Gasteiger partial charge in [-0.1, -0.05) is 66.7 Å². The molecule has 4 aromatic carbocycles. The van der Waals surface area contributed by atoms with Crippen molar-refractivity contribution in [2.45, 2.75) is 0 Å². The molecule has 1 aliphatic rings. The second kappa shape index (κ2) is 6.22. The standard InChI is InChI=1S/C24H15NO2/c26-24-22(25-23(27-24)16-8-2-1-3-9-16)15-21-19-12-6-4-10-17(19)14-18-11-5-7-13-20(18)21/h1-15H/b22-15+. The summed E-state index contributed by atoms with van der Waals surface area (Å²) in [7, 11) is 0. The predicted octanol–water partition coefficient (Wildman–Crippen LogP) is 5.34. The van der Waals surface area contributed by atoms with Crippen molar-refractivity contribution in [3.8, 4) is 0 Å². The molecule has 3 heteroatoms. The van der Waals surface area contributed by atoms with Crippen molar-refractivity contribution in [2.75, 3.05) is 0 Å². The van der Waals surface area contributed by atoms with Crippen molar-refractivity contribution >= 4 is 39.5 Å². The summed E-state index contributed by atoms with van der Waals surface area (Å²) in [6, 6.07) is 28.0. The molecule has 0 bridgehead atoms. The summed E-state index contributed by atoms with van der Waals surface area (Å²) in [6.07, 6.45) is 1.84. The molecule has 1 aliphatic heterocycles. The van der Waals surface area contributed by atoms with Crippen LogP contribution in [-0.4, -0.2) is 11.9 Å². The zero-order valence-electron chi connectivity index (χ0n) is 14.4. The molecule has 27 heavy (non-hydrogen) atoms. The van der Waals surface area contributed by atoms with Crippen LogP contribution in [0.5, 0.6) is 0 Å². The Bertz CT molecular complexity index is 1200. The largest absolute Gasteiger partial charge is 0.402 e. The minimum Gasteiger partial charge on any atom is -0.402 e. The molecule has 0 N–H and O–H groups in total. The number of nitrogens with zero attached hydrogens (tertiary/aromatic N) is 1. The van der Waals surface area contributed by atoms with Gasteiger partial charge in [-0.05, 0) is 51.4 Å². The maximum Gasteiger partial charge on any atom is 0.363 e. The third kappa shape index (κ3) is 2.70. The first-order valence-corrected chi connectivity index (χ1v) is 8.78. The second-order valence-corrected chi connectivity index (χ2v) is 6.43. The predicted molar refractivity (Wildman–Crippen MR) is 109 cm³/mol. The van der Waals surface area contributed by atoms with Crippen LogP contribution in [0.1, 0.15) is 11.1 Å². The van der Waals surface area contributed by atoms with E-state index < -0.39 is 5.97 Å². The monoisotopic (exact) mass is 349 g/mol. The van der Waals surface area contributed by atoms with Crippen molar-refractivity contribution in [3.63, 3.8) is 0 Å². The fourth-order valence-corrected chi connectivity index (χ4v) is 3.45. The molecular formula is C24H15NO2. The molecule has 0 unspecified atom stereocenters. The molecule has 128 valence electrons. The highest BCUT2D eigenvalue weighted by molar-refractivity contribution is 6.15. The summed E-state index contributed by atoms with van der Waals surface area (Å²) >= 11 is 0. The maximum atomic E-state index is 12.4. The average Bonchev–Trinajstić information content (AvgIpc) is 3.09. The third-order valence-corrected chi connectivity index (χ3v) is 4.74. The molecule has 4 aromatic rings. The zero-order valence-corrected chi connectivity index (χ0v) is 14.4. The van der Waals surface area contributed by atoms with Gasteiger partial charge in [0.25, 0.3) is 0 Å². The molecule has 0 radical (unpaired) electrons. The highest BCUT2D eigenvalue weighted by Crippen LogP contribution is 2.31. The Kier molecular flexibility index (Phi) is 3.58. The van der Waals surface area contributed by atoms with Gasteiger partial charge >= 0.3 is 5.97 Å². The summed E-state index contributed by atoms with van der Waals surface area (Å²) in [5.41, 5.74) is 2.08. The van der Waals surface area contributed by atoms with Crippen LogP contribution in [0.15, 0.2) is 95.6 Å². The quantitative estimate of drug-likeness (QED) is 0.278. The lowest BCUT2D eigenvalue weighted by molar-refractivity contribution is -0.129. The molecule has 1 heterocycles. The van der Waals surface area contributed by atoms with E-state index in [2.05, 4.69) is 35.3 Å². The average molecular weight is 349 g/mol. The molecule has 3 nitrogen and oxygen atoms in total. The summed E-state index contributed by atoms with van der Waals surface area (Å²) in [5.74, 6) is -0.0812. The van der Waals surface area contributed by atoms with Gasteiger partial charge in [0.05, 0.1) is 0 Å². The number of hydrogen-bond donors (Lipinski definition) is 0. The van der Waals surface area contributed by atoms with E-state index in [0.29, 0.717) is 11.6 Å². The topological polar surface area (TPSA) is 38.7 Å². The van der Waals surface area contributed by atoms with Crippen LogP contribution in [0.4, 0.5) is 0 Å². The maximum absolute atomic E-state index is 12.4. The molecule has 0 saturated heterocycles. The number of cyclic esters (lactones) is 1. The van der Waals surface area contributed by atoms with Gasteiger partial charge in [0.1, 0.15) is 0 Å². The Morgan fingerprint density at radius 1 is 0.741 bits per heavy atom. The van der Waals surface area contributed by atoms with Crippen LogP contribution >= 0.6 is 0 Å². The summed E-state index contributed by atoms with van der Waals surface area (Å²) in [5, 5.41) is 4.42. The minimum atomic E-state index is -0.425. The lowest BCUT2D eigenvalue weighted by Gasteiger charge is -2.08. The number of hydrogen-bond acceptors (Lipinski definition) is 3. The van der Waals surface area contributed by atoms with Crippen LogP contribution in [0.3, 0.4) is 0 Å². The fraction of sp³-hybridized carbons (Fsp3) is 0. The number of esters is 1. The van der Waals surface area contributed by atoms with Crippen LogP contribution in [0, 0.1) is 0 Å². The molecule has 5 rings (SSSR count). The molecule has 0 fully saturated rings. The first-order valence-electron chi connectivity index (χ1n) is 8.78. The van der Waals surface area contributed by atoms with Crippen LogP contribution < -0.4 is 0 Å². The molecule has 0 saturated carbocycles. The minimum absolute atomic E-state index is 0.315. The van der Waals surface area contributed by atoms with Gasteiger partial charge in [-0.15, -0.1) is 0 Å². The first-order chi connectivity index (χ1) is 13.3. The number of aliphatic imine (C=N–C) groups is 1. The Morgan fingerprint density at radius 2 is 1.33 bits per heavy atom. The van der Waals surface area contributed by atoms with Gasteiger partial charge in [0.2, 0.25) is 5.90 Å². The highest BCUT2D eigenvalue weighted by atomic mass is 16.6. The van der Waals surface area contributed by atoms with Crippen molar-refractivity contribution in [1.29, 1.82) is 0 Å². The van der Waals surface area contributed by atoms with Crippen LogP contribution in [0.25, 0.3) is 27.6 Å². The van der Waals surface area contributed by atoms with Crippen molar-refractivity contribution in [1.82, 2.24) is 0 Å². The van der Waals surface area contributed by atoms with Crippen molar-refractivity contribution < 1.29 is 9.53 Å². The van der Waals surface area contributed by atoms with Gasteiger partial charge in [-0.2, -0.15) is 0 Å². The van der Waals surface area contributed by atoms with Crippen LogP contribution in [-0.2, 0) is 9.53 Å². The molecule has 0 amide bonds. The number of carbonyl (C=O) groups excluding carboxylic acids is 1. The van der Waals surface area contributed by atoms with E-state index in [1.165, 1.54) is 0 Å². The van der Waals surface area contributed by atoms with E-state index in [1.54, 1.807) is 0 Å². The van der Waals surface area contributed by atoms with Gasteiger partial charge in [-0.3, -0.25) is 0 Å². The molecular weight excluding hydrogens is 334 g/mol. The molecule has 0 spiro atoms. The van der Waals surface area contributed by atoms with Gasteiger partial charge in [0.15, 0.2) is 5.70 Å². The Morgan fingerprint density at radius 3 is 2.00 bits per heavy atom.